The molecule has 1 aliphatic heterocycles. The van der Waals surface area contributed by atoms with Crippen molar-refractivity contribution in [3.8, 4) is 11.1 Å². The van der Waals surface area contributed by atoms with E-state index in [2.05, 4.69) is 4.90 Å². The second-order valence-electron chi connectivity index (χ2n) is 7.02. The van der Waals surface area contributed by atoms with Gasteiger partial charge in [0.15, 0.2) is 0 Å². The molecule has 0 aliphatic carbocycles. The fourth-order valence-electron chi connectivity index (χ4n) is 3.92. The number of halogens is 1. The molecule has 3 aromatic rings. The van der Waals surface area contributed by atoms with Crippen molar-refractivity contribution in [1.82, 2.24) is 4.98 Å². The summed E-state index contributed by atoms with van der Waals surface area (Å²) >= 11 is 6.32. The summed E-state index contributed by atoms with van der Waals surface area (Å²) in [6, 6.07) is 13.4. The lowest BCUT2D eigenvalue weighted by atomic mass is 9.93. The first-order chi connectivity index (χ1) is 13.1. The quantitative estimate of drug-likeness (QED) is 0.647. The minimum atomic E-state index is -0.957. The Morgan fingerprint density at radius 2 is 1.81 bits per heavy atom. The Labute approximate surface area is 163 Å². The lowest BCUT2D eigenvalue weighted by Gasteiger charge is -2.30. The molecule has 0 radical (unpaired) electrons. The fourth-order valence-corrected chi connectivity index (χ4v) is 4.20. The molecule has 0 saturated carbocycles. The number of hydrogen-bond acceptors (Lipinski definition) is 3. The summed E-state index contributed by atoms with van der Waals surface area (Å²) in [7, 11) is 0. The first-order valence-electron chi connectivity index (χ1n) is 9.24. The van der Waals surface area contributed by atoms with Crippen LogP contribution in [0.4, 0.5) is 5.82 Å². The van der Waals surface area contributed by atoms with Crippen molar-refractivity contribution in [1.29, 1.82) is 0 Å². The van der Waals surface area contributed by atoms with Gasteiger partial charge in [-0.1, -0.05) is 41.9 Å². The van der Waals surface area contributed by atoms with Crippen molar-refractivity contribution in [2.45, 2.75) is 26.2 Å². The van der Waals surface area contributed by atoms with Gasteiger partial charge in [0.05, 0.1) is 5.52 Å². The number of fused-ring (bicyclic) bond motifs is 1. The van der Waals surface area contributed by atoms with Crippen molar-refractivity contribution in [2.75, 3.05) is 18.0 Å². The van der Waals surface area contributed by atoms with Crippen LogP contribution in [0.5, 0.6) is 0 Å². The fraction of sp³-hybridized carbons (Fsp3) is 0.273. The van der Waals surface area contributed by atoms with Crippen LogP contribution in [0, 0.1) is 6.92 Å². The molecule has 0 bridgehead atoms. The van der Waals surface area contributed by atoms with Gasteiger partial charge in [0.1, 0.15) is 11.4 Å². The van der Waals surface area contributed by atoms with Crippen LogP contribution < -0.4 is 4.90 Å². The van der Waals surface area contributed by atoms with Crippen LogP contribution >= 0.6 is 11.6 Å². The zero-order chi connectivity index (χ0) is 19.0. The lowest BCUT2D eigenvalue weighted by Crippen LogP contribution is -2.32. The van der Waals surface area contributed by atoms with Gasteiger partial charge >= 0.3 is 5.97 Å². The van der Waals surface area contributed by atoms with E-state index < -0.39 is 5.97 Å². The van der Waals surface area contributed by atoms with Crippen LogP contribution in [0.15, 0.2) is 42.5 Å². The molecule has 1 aromatic heterocycles. The Morgan fingerprint density at radius 3 is 2.48 bits per heavy atom. The molecule has 27 heavy (non-hydrogen) atoms. The molecule has 0 spiro atoms. The summed E-state index contributed by atoms with van der Waals surface area (Å²) in [5, 5.41) is 11.5. The highest BCUT2D eigenvalue weighted by atomic mass is 35.5. The van der Waals surface area contributed by atoms with Gasteiger partial charge in [0.25, 0.3) is 0 Å². The Balaban J connectivity index is 2.12. The van der Waals surface area contributed by atoms with E-state index in [1.165, 1.54) is 6.42 Å². The van der Waals surface area contributed by atoms with Gasteiger partial charge in [-0.25, -0.2) is 9.78 Å². The number of pyridine rings is 1. The SMILES string of the molecule is Cc1cc(Cl)cc2c(-c3ccccc3)c(C(=O)O)c(N3CCCCC3)nc12. The predicted molar refractivity (Wildman–Crippen MR) is 110 cm³/mol. The third kappa shape index (κ3) is 3.26. The largest absolute Gasteiger partial charge is 0.478 e. The maximum Gasteiger partial charge on any atom is 0.340 e. The van der Waals surface area contributed by atoms with Gasteiger partial charge in [-0.3, -0.25) is 0 Å². The van der Waals surface area contributed by atoms with E-state index in [1.54, 1.807) is 0 Å². The minimum absolute atomic E-state index is 0.261. The predicted octanol–water partition coefficient (Wildman–Crippen LogP) is 5.55. The van der Waals surface area contributed by atoms with Crippen molar-refractivity contribution < 1.29 is 9.90 Å². The third-order valence-corrected chi connectivity index (χ3v) is 5.38. The standard InChI is InChI=1S/C22H21ClN2O2/c1-14-12-16(23)13-17-18(15-8-4-2-5-9-15)19(22(26)27)21(24-20(14)17)25-10-6-3-7-11-25/h2,4-5,8-9,12-13H,3,6-7,10-11H2,1H3,(H,26,27). The summed E-state index contributed by atoms with van der Waals surface area (Å²) in [5.41, 5.74) is 3.58. The summed E-state index contributed by atoms with van der Waals surface area (Å²) in [6.45, 7) is 3.63. The zero-order valence-corrected chi connectivity index (χ0v) is 16.0. The highest BCUT2D eigenvalue weighted by Crippen LogP contribution is 2.39. The van der Waals surface area contributed by atoms with Crippen LogP contribution in [0.3, 0.4) is 0 Å². The number of aromatic nitrogens is 1. The van der Waals surface area contributed by atoms with Gasteiger partial charge in [-0.15, -0.1) is 0 Å². The average Bonchev–Trinajstić information content (AvgIpc) is 2.68. The van der Waals surface area contributed by atoms with E-state index in [-0.39, 0.29) is 5.56 Å². The van der Waals surface area contributed by atoms with Crippen molar-refractivity contribution in [3.05, 3.63) is 58.6 Å². The van der Waals surface area contributed by atoms with Gasteiger partial charge in [0.2, 0.25) is 0 Å². The number of hydrogen-bond donors (Lipinski definition) is 1. The number of nitrogens with zero attached hydrogens (tertiary/aromatic N) is 2. The molecule has 1 saturated heterocycles. The molecule has 4 rings (SSSR count). The number of aryl methyl sites for hydroxylation is 1. The van der Waals surface area contributed by atoms with Crippen molar-refractivity contribution in [3.63, 3.8) is 0 Å². The molecule has 138 valence electrons. The molecule has 2 aromatic carbocycles. The zero-order valence-electron chi connectivity index (χ0n) is 15.2. The minimum Gasteiger partial charge on any atom is -0.478 e. The normalized spacial score (nSPS) is 14.5. The van der Waals surface area contributed by atoms with Crippen LogP contribution in [0.1, 0.15) is 35.2 Å². The maximum absolute atomic E-state index is 12.4. The topological polar surface area (TPSA) is 53.4 Å². The van der Waals surface area contributed by atoms with E-state index in [0.29, 0.717) is 16.4 Å². The van der Waals surface area contributed by atoms with E-state index in [4.69, 9.17) is 16.6 Å². The number of carboxylic acid groups (broad SMARTS) is 1. The second-order valence-corrected chi connectivity index (χ2v) is 7.46. The number of anilines is 1. The van der Waals surface area contributed by atoms with Gasteiger partial charge < -0.3 is 10.0 Å². The molecule has 2 heterocycles. The van der Waals surface area contributed by atoms with Crippen molar-refractivity contribution >= 4 is 34.3 Å². The lowest BCUT2D eigenvalue weighted by molar-refractivity contribution is 0.0698. The van der Waals surface area contributed by atoms with Crippen LogP contribution in [-0.4, -0.2) is 29.1 Å². The van der Waals surface area contributed by atoms with E-state index >= 15 is 0 Å². The molecule has 1 fully saturated rings. The number of carboxylic acids is 1. The highest BCUT2D eigenvalue weighted by Gasteiger charge is 2.26. The summed E-state index contributed by atoms with van der Waals surface area (Å²) in [5.74, 6) is -0.388. The molecular formula is C22H21ClN2O2. The van der Waals surface area contributed by atoms with E-state index in [0.717, 1.165) is 48.0 Å². The first-order valence-corrected chi connectivity index (χ1v) is 9.61. The Morgan fingerprint density at radius 1 is 1.11 bits per heavy atom. The third-order valence-electron chi connectivity index (χ3n) is 5.16. The Kier molecular flexibility index (Phi) is 4.75. The van der Waals surface area contributed by atoms with Crippen molar-refractivity contribution in [2.24, 2.45) is 0 Å². The number of benzene rings is 2. The summed E-state index contributed by atoms with van der Waals surface area (Å²) in [4.78, 5) is 19.3. The maximum atomic E-state index is 12.4. The molecule has 0 unspecified atom stereocenters. The number of rotatable bonds is 3. The molecule has 5 heteroatoms. The van der Waals surface area contributed by atoms with Crippen LogP contribution in [-0.2, 0) is 0 Å². The summed E-state index contributed by atoms with van der Waals surface area (Å²) in [6.07, 6.45) is 3.28. The molecule has 4 nitrogen and oxygen atoms in total. The number of carbonyl (C=O) groups is 1. The van der Waals surface area contributed by atoms with Crippen LogP contribution in [0.25, 0.3) is 22.0 Å². The molecule has 1 aliphatic rings. The smallest absolute Gasteiger partial charge is 0.340 e. The molecule has 0 atom stereocenters. The second kappa shape index (κ2) is 7.20. The van der Waals surface area contributed by atoms with Crippen LogP contribution in [0.2, 0.25) is 5.02 Å². The molecule has 0 amide bonds. The van der Waals surface area contributed by atoms with Gasteiger partial charge in [0, 0.05) is 29.1 Å². The highest BCUT2D eigenvalue weighted by molar-refractivity contribution is 6.31. The first kappa shape index (κ1) is 17.8. The number of aromatic carboxylic acids is 1. The van der Waals surface area contributed by atoms with Gasteiger partial charge in [-0.2, -0.15) is 0 Å². The molecule has 1 N–H and O–H groups in total. The monoisotopic (exact) mass is 380 g/mol. The average molecular weight is 381 g/mol. The Hall–Kier alpha value is -2.59. The van der Waals surface area contributed by atoms with E-state index in [1.807, 2.05) is 49.4 Å². The van der Waals surface area contributed by atoms with E-state index in [9.17, 15) is 9.90 Å². The Bertz CT molecular complexity index is 1010. The summed E-state index contributed by atoms with van der Waals surface area (Å²) < 4.78 is 0. The molecular weight excluding hydrogens is 360 g/mol. The van der Waals surface area contributed by atoms with Gasteiger partial charge in [-0.05, 0) is 49.4 Å². The number of piperidine rings is 1.